The maximum absolute atomic E-state index is 6.06. The van der Waals surface area contributed by atoms with Gasteiger partial charge >= 0.3 is 0 Å². The Kier molecular flexibility index (Phi) is 4.04. The molecule has 1 aromatic heterocycles. The van der Waals surface area contributed by atoms with Crippen LogP contribution in [0.15, 0.2) is 18.2 Å². The Balaban J connectivity index is 2.53. The van der Waals surface area contributed by atoms with Gasteiger partial charge in [-0.25, -0.2) is 4.68 Å². The molecule has 0 radical (unpaired) electrons. The maximum Gasteiger partial charge on any atom is 0.184 e. The van der Waals surface area contributed by atoms with Crippen molar-refractivity contribution in [2.24, 2.45) is 5.92 Å². The highest BCUT2D eigenvalue weighted by Gasteiger charge is 2.21. The van der Waals surface area contributed by atoms with Gasteiger partial charge in [-0.2, -0.15) is 0 Å². The van der Waals surface area contributed by atoms with Gasteiger partial charge in [-0.05, 0) is 34.9 Å². The van der Waals surface area contributed by atoms with Crippen molar-refractivity contribution in [1.82, 2.24) is 20.2 Å². The summed E-state index contributed by atoms with van der Waals surface area (Å²) in [5.41, 5.74) is 7.31. The molecule has 6 heteroatoms. The number of aromatic nitrogens is 4. The van der Waals surface area contributed by atoms with E-state index in [1.807, 2.05) is 16.8 Å². The van der Waals surface area contributed by atoms with Gasteiger partial charge in [-0.1, -0.05) is 38.4 Å². The highest BCUT2D eigenvalue weighted by atomic mass is 35.5. The van der Waals surface area contributed by atoms with E-state index >= 15 is 0 Å². The monoisotopic (exact) mass is 279 g/mol. The van der Waals surface area contributed by atoms with Crippen molar-refractivity contribution in [3.63, 3.8) is 0 Å². The molecule has 0 saturated heterocycles. The molecule has 0 fully saturated rings. The van der Waals surface area contributed by atoms with Gasteiger partial charge in [-0.3, -0.25) is 0 Å². The first-order valence-electron chi connectivity index (χ1n) is 6.38. The van der Waals surface area contributed by atoms with Crippen molar-refractivity contribution in [2.45, 2.75) is 33.2 Å². The third kappa shape index (κ3) is 2.56. The fourth-order valence-electron chi connectivity index (χ4n) is 2.25. The van der Waals surface area contributed by atoms with E-state index in [9.17, 15) is 0 Å². The minimum atomic E-state index is 0.239. The lowest BCUT2D eigenvalue weighted by Gasteiger charge is -2.20. The molecule has 1 atom stereocenters. The molecule has 2 rings (SSSR count). The van der Waals surface area contributed by atoms with Crippen LogP contribution < -0.4 is 5.73 Å². The van der Waals surface area contributed by atoms with Crippen LogP contribution in [-0.2, 0) is 0 Å². The predicted octanol–water partition coefficient (Wildman–Crippen LogP) is 3.18. The molecule has 19 heavy (non-hydrogen) atoms. The Bertz CT molecular complexity index is 564. The van der Waals surface area contributed by atoms with E-state index in [2.05, 4.69) is 36.3 Å². The van der Waals surface area contributed by atoms with Crippen LogP contribution in [0.5, 0.6) is 0 Å². The average molecular weight is 280 g/mol. The van der Waals surface area contributed by atoms with Crippen molar-refractivity contribution in [1.29, 1.82) is 0 Å². The standard InChI is InChI=1S/C13H18ClN5/c1-4-11(8(2)3)19-13(16-17-18-19)9-6-5-7-10(14)12(9)15/h5-8,11H,4,15H2,1-3H3. The van der Waals surface area contributed by atoms with Gasteiger partial charge < -0.3 is 5.73 Å². The third-order valence-corrected chi connectivity index (χ3v) is 3.62. The quantitative estimate of drug-likeness (QED) is 0.873. The van der Waals surface area contributed by atoms with Crippen molar-refractivity contribution >= 4 is 17.3 Å². The number of para-hydroxylation sites is 1. The van der Waals surface area contributed by atoms with Gasteiger partial charge in [0.25, 0.3) is 0 Å². The minimum Gasteiger partial charge on any atom is -0.397 e. The first kappa shape index (κ1) is 13.8. The molecule has 1 heterocycles. The summed E-state index contributed by atoms with van der Waals surface area (Å²) < 4.78 is 1.84. The molecular formula is C13H18ClN5. The van der Waals surface area contributed by atoms with E-state index in [1.54, 1.807) is 6.07 Å². The van der Waals surface area contributed by atoms with E-state index in [4.69, 9.17) is 17.3 Å². The molecule has 102 valence electrons. The molecule has 0 aliphatic heterocycles. The topological polar surface area (TPSA) is 69.6 Å². The van der Waals surface area contributed by atoms with Crippen LogP contribution in [0.3, 0.4) is 0 Å². The van der Waals surface area contributed by atoms with E-state index in [0.717, 1.165) is 12.0 Å². The number of hydrogen-bond acceptors (Lipinski definition) is 4. The number of halogens is 1. The van der Waals surface area contributed by atoms with Crippen molar-refractivity contribution in [3.8, 4) is 11.4 Å². The highest BCUT2D eigenvalue weighted by Crippen LogP contribution is 2.32. The SMILES string of the molecule is CCC(C(C)C)n1nnnc1-c1cccc(Cl)c1N. The molecule has 0 aliphatic rings. The Hall–Kier alpha value is -1.62. The van der Waals surface area contributed by atoms with Gasteiger partial charge in [0.15, 0.2) is 5.82 Å². The Morgan fingerprint density at radius 3 is 2.74 bits per heavy atom. The summed E-state index contributed by atoms with van der Waals surface area (Å²) in [6.07, 6.45) is 0.955. The van der Waals surface area contributed by atoms with E-state index in [-0.39, 0.29) is 6.04 Å². The lowest BCUT2D eigenvalue weighted by Crippen LogP contribution is -2.17. The fourth-order valence-corrected chi connectivity index (χ4v) is 2.43. The van der Waals surface area contributed by atoms with Crippen LogP contribution in [-0.4, -0.2) is 20.2 Å². The van der Waals surface area contributed by atoms with Crippen LogP contribution in [0.25, 0.3) is 11.4 Å². The summed E-state index contributed by atoms with van der Waals surface area (Å²) in [4.78, 5) is 0. The number of nitrogens with zero attached hydrogens (tertiary/aromatic N) is 4. The van der Waals surface area contributed by atoms with Crippen LogP contribution in [0, 0.1) is 5.92 Å². The zero-order valence-corrected chi connectivity index (χ0v) is 12.1. The van der Waals surface area contributed by atoms with Gasteiger partial charge in [0, 0.05) is 5.56 Å². The molecule has 1 aromatic carbocycles. The number of benzene rings is 1. The number of anilines is 1. The molecular weight excluding hydrogens is 262 g/mol. The largest absolute Gasteiger partial charge is 0.397 e. The van der Waals surface area contributed by atoms with Crippen molar-refractivity contribution in [2.75, 3.05) is 5.73 Å². The Morgan fingerprint density at radius 1 is 1.37 bits per heavy atom. The summed E-state index contributed by atoms with van der Waals surface area (Å²) in [6, 6.07) is 5.73. The smallest absolute Gasteiger partial charge is 0.184 e. The van der Waals surface area contributed by atoms with E-state index in [0.29, 0.717) is 22.5 Å². The first-order chi connectivity index (χ1) is 9.06. The number of nitrogen functional groups attached to an aromatic ring is 1. The molecule has 0 spiro atoms. The van der Waals surface area contributed by atoms with Crippen LogP contribution in [0.1, 0.15) is 33.2 Å². The second-order valence-electron chi connectivity index (χ2n) is 4.87. The van der Waals surface area contributed by atoms with Crippen molar-refractivity contribution < 1.29 is 0 Å². The summed E-state index contributed by atoms with van der Waals surface area (Å²) in [5.74, 6) is 1.10. The second-order valence-corrected chi connectivity index (χ2v) is 5.27. The van der Waals surface area contributed by atoms with Crippen LogP contribution >= 0.6 is 11.6 Å². The fraction of sp³-hybridized carbons (Fsp3) is 0.462. The molecule has 5 nitrogen and oxygen atoms in total. The minimum absolute atomic E-state index is 0.239. The zero-order chi connectivity index (χ0) is 14.0. The first-order valence-corrected chi connectivity index (χ1v) is 6.76. The molecule has 1 unspecified atom stereocenters. The van der Waals surface area contributed by atoms with Gasteiger partial charge in [0.05, 0.1) is 16.8 Å². The zero-order valence-electron chi connectivity index (χ0n) is 11.3. The molecule has 0 amide bonds. The van der Waals surface area contributed by atoms with Gasteiger partial charge in [-0.15, -0.1) is 5.10 Å². The molecule has 0 aliphatic carbocycles. The molecule has 2 aromatic rings. The van der Waals surface area contributed by atoms with Gasteiger partial charge in [0.1, 0.15) is 0 Å². The molecule has 2 N–H and O–H groups in total. The number of nitrogens with two attached hydrogens (primary N) is 1. The average Bonchev–Trinajstić information content (AvgIpc) is 2.82. The normalized spacial score (nSPS) is 12.9. The van der Waals surface area contributed by atoms with Gasteiger partial charge in [0.2, 0.25) is 0 Å². The van der Waals surface area contributed by atoms with E-state index in [1.165, 1.54) is 0 Å². The summed E-state index contributed by atoms with van der Waals surface area (Å²) >= 11 is 6.06. The van der Waals surface area contributed by atoms with Crippen molar-refractivity contribution in [3.05, 3.63) is 23.2 Å². The Labute approximate surface area is 117 Å². The summed E-state index contributed by atoms with van der Waals surface area (Å²) in [7, 11) is 0. The predicted molar refractivity (Wildman–Crippen MR) is 76.8 cm³/mol. The lowest BCUT2D eigenvalue weighted by molar-refractivity contribution is 0.333. The number of tetrazole rings is 1. The van der Waals surface area contributed by atoms with E-state index < -0.39 is 0 Å². The summed E-state index contributed by atoms with van der Waals surface area (Å²) in [5, 5.41) is 12.5. The number of rotatable bonds is 4. The molecule has 0 bridgehead atoms. The lowest BCUT2D eigenvalue weighted by atomic mass is 10.0. The summed E-state index contributed by atoms with van der Waals surface area (Å²) in [6.45, 7) is 6.43. The van der Waals surface area contributed by atoms with Crippen LogP contribution in [0.2, 0.25) is 5.02 Å². The highest BCUT2D eigenvalue weighted by molar-refractivity contribution is 6.33. The van der Waals surface area contributed by atoms with Crippen LogP contribution in [0.4, 0.5) is 5.69 Å². The maximum atomic E-state index is 6.06. The number of hydrogen-bond donors (Lipinski definition) is 1. The third-order valence-electron chi connectivity index (χ3n) is 3.29. The molecule has 0 saturated carbocycles. The second kappa shape index (κ2) is 5.57. The Morgan fingerprint density at radius 2 is 2.11 bits per heavy atom.